The molecule has 0 N–H and O–H groups in total. The van der Waals surface area contributed by atoms with Gasteiger partial charge in [0.2, 0.25) is 0 Å². The second-order valence-corrected chi connectivity index (χ2v) is 6.37. The van der Waals surface area contributed by atoms with Crippen LogP contribution in [0.3, 0.4) is 0 Å². The van der Waals surface area contributed by atoms with Gasteiger partial charge in [0.1, 0.15) is 5.82 Å². The molecule has 0 unspecified atom stereocenters. The third kappa shape index (κ3) is 2.60. The lowest BCUT2D eigenvalue weighted by molar-refractivity contribution is 0.908. The molecule has 3 aromatic rings. The SMILES string of the molecule is Cc1ccc2c(c1)nc(CCCl)n2-c1cccc(C)c1Br. The lowest BCUT2D eigenvalue weighted by atomic mass is 10.2. The Kier molecular flexibility index (Phi) is 4.05. The molecule has 0 aliphatic heterocycles. The third-order valence-electron chi connectivity index (χ3n) is 3.61. The van der Waals surface area contributed by atoms with Crippen LogP contribution in [0.4, 0.5) is 0 Å². The fraction of sp³-hybridized carbons (Fsp3) is 0.235. The van der Waals surface area contributed by atoms with Gasteiger partial charge in [-0.3, -0.25) is 4.57 Å². The normalized spacial score (nSPS) is 11.2. The molecular formula is C17H16BrClN2. The number of nitrogens with zero attached hydrogens (tertiary/aromatic N) is 2. The maximum absolute atomic E-state index is 5.96. The molecule has 3 rings (SSSR count). The summed E-state index contributed by atoms with van der Waals surface area (Å²) in [7, 11) is 0. The van der Waals surface area contributed by atoms with Crippen molar-refractivity contribution in [2.75, 3.05) is 5.88 Å². The van der Waals surface area contributed by atoms with Crippen molar-refractivity contribution >= 4 is 38.6 Å². The van der Waals surface area contributed by atoms with E-state index in [4.69, 9.17) is 16.6 Å². The lowest BCUT2D eigenvalue weighted by Crippen LogP contribution is -2.03. The largest absolute Gasteiger partial charge is 0.295 e. The van der Waals surface area contributed by atoms with Crippen LogP contribution in [-0.2, 0) is 6.42 Å². The molecule has 0 bridgehead atoms. The van der Waals surface area contributed by atoms with Crippen LogP contribution >= 0.6 is 27.5 Å². The average molecular weight is 364 g/mol. The second kappa shape index (κ2) is 5.82. The summed E-state index contributed by atoms with van der Waals surface area (Å²) in [6, 6.07) is 12.6. The van der Waals surface area contributed by atoms with Crippen LogP contribution in [0.25, 0.3) is 16.7 Å². The Bertz CT molecular complexity index is 808. The third-order valence-corrected chi connectivity index (χ3v) is 4.83. The van der Waals surface area contributed by atoms with Crippen LogP contribution < -0.4 is 0 Å². The van der Waals surface area contributed by atoms with E-state index < -0.39 is 0 Å². The van der Waals surface area contributed by atoms with Crippen molar-refractivity contribution in [2.24, 2.45) is 0 Å². The number of alkyl halides is 1. The Labute approximate surface area is 137 Å². The van der Waals surface area contributed by atoms with Crippen LogP contribution in [0.15, 0.2) is 40.9 Å². The van der Waals surface area contributed by atoms with E-state index in [9.17, 15) is 0 Å². The predicted molar refractivity (Wildman–Crippen MR) is 92.7 cm³/mol. The summed E-state index contributed by atoms with van der Waals surface area (Å²) in [6.45, 7) is 4.18. The number of benzene rings is 2. The van der Waals surface area contributed by atoms with Gasteiger partial charge in [0, 0.05) is 16.8 Å². The molecule has 108 valence electrons. The van der Waals surface area contributed by atoms with E-state index in [0.29, 0.717) is 5.88 Å². The maximum atomic E-state index is 5.96. The first-order chi connectivity index (χ1) is 10.1. The molecule has 0 aliphatic rings. The molecule has 0 amide bonds. The van der Waals surface area contributed by atoms with Gasteiger partial charge in [0.25, 0.3) is 0 Å². The molecule has 0 fully saturated rings. The summed E-state index contributed by atoms with van der Waals surface area (Å²) in [5, 5.41) is 0. The number of aryl methyl sites for hydroxylation is 3. The minimum absolute atomic E-state index is 0.561. The maximum Gasteiger partial charge on any atom is 0.115 e. The number of hydrogen-bond donors (Lipinski definition) is 0. The van der Waals surface area contributed by atoms with Gasteiger partial charge in [0.05, 0.1) is 16.7 Å². The minimum atomic E-state index is 0.561. The number of hydrogen-bond acceptors (Lipinski definition) is 1. The van der Waals surface area contributed by atoms with E-state index in [-0.39, 0.29) is 0 Å². The first-order valence-electron chi connectivity index (χ1n) is 6.91. The van der Waals surface area contributed by atoms with E-state index >= 15 is 0 Å². The van der Waals surface area contributed by atoms with E-state index in [1.54, 1.807) is 0 Å². The van der Waals surface area contributed by atoms with Crippen molar-refractivity contribution in [1.29, 1.82) is 0 Å². The Hall–Kier alpha value is -1.32. The zero-order valence-corrected chi connectivity index (χ0v) is 14.4. The second-order valence-electron chi connectivity index (χ2n) is 5.20. The van der Waals surface area contributed by atoms with Crippen molar-refractivity contribution in [1.82, 2.24) is 9.55 Å². The molecule has 0 radical (unpaired) electrons. The van der Waals surface area contributed by atoms with Crippen LogP contribution in [-0.4, -0.2) is 15.4 Å². The molecule has 0 saturated heterocycles. The summed E-state index contributed by atoms with van der Waals surface area (Å²) < 4.78 is 3.30. The van der Waals surface area contributed by atoms with Crippen LogP contribution in [0, 0.1) is 13.8 Å². The van der Waals surface area contributed by atoms with Gasteiger partial charge >= 0.3 is 0 Å². The molecule has 0 atom stereocenters. The molecule has 4 heteroatoms. The molecule has 1 aromatic heterocycles. The Morgan fingerprint density at radius 2 is 2.00 bits per heavy atom. The van der Waals surface area contributed by atoms with E-state index in [1.807, 2.05) is 0 Å². The van der Waals surface area contributed by atoms with Gasteiger partial charge in [-0.05, 0) is 59.1 Å². The highest BCUT2D eigenvalue weighted by Crippen LogP contribution is 2.30. The monoisotopic (exact) mass is 362 g/mol. The van der Waals surface area contributed by atoms with E-state index in [1.165, 1.54) is 11.1 Å². The molecule has 1 heterocycles. The molecule has 0 aliphatic carbocycles. The Balaban J connectivity index is 2.33. The smallest absolute Gasteiger partial charge is 0.115 e. The summed E-state index contributed by atoms with van der Waals surface area (Å²) in [4.78, 5) is 4.77. The first-order valence-corrected chi connectivity index (χ1v) is 8.24. The van der Waals surface area contributed by atoms with Crippen molar-refractivity contribution < 1.29 is 0 Å². The van der Waals surface area contributed by atoms with E-state index in [0.717, 1.165) is 33.4 Å². The van der Waals surface area contributed by atoms with Crippen molar-refractivity contribution in [3.8, 4) is 5.69 Å². The van der Waals surface area contributed by atoms with Gasteiger partial charge in [-0.2, -0.15) is 0 Å². The highest BCUT2D eigenvalue weighted by Gasteiger charge is 2.14. The van der Waals surface area contributed by atoms with E-state index in [2.05, 4.69) is 70.7 Å². The molecular weight excluding hydrogens is 348 g/mol. The van der Waals surface area contributed by atoms with Crippen LogP contribution in [0.1, 0.15) is 17.0 Å². The molecule has 2 nitrogen and oxygen atoms in total. The number of aromatic nitrogens is 2. The minimum Gasteiger partial charge on any atom is -0.295 e. The van der Waals surface area contributed by atoms with Crippen LogP contribution in [0.2, 0.25) is 0 Å². The Morgan fingerprint density at radius 1 is 1.19 bits per heavy atom. The van der Waals surface area contributed by atoms with Gasteiger partial charge < -0.3 is 0 Å². The summed E-state index contributed by atoms with van der Waals surface area (Å²) in [5.74, 6) is 1.56. The fourth-order valence-corrected chi connectivity index (χ4v) is 3.18. The topological polar surface area (TPSA) is 17.8 Å². The van der Waals surface area contributed by atoms with Gasteiger partial charge in [0.15, 0.2) is 0 Å². The molecule has 0 spiro atoms. The predicted octanol–water partition coefficient (Wildman–Crippen LogP) is 5.19. The summed E-state index contributed by atoms with van der Waals surface area (Å²) >= 11 is 9.67. The quantitative estimate of drug-likeness (QED) is 0.586. The van der Waals surface area contributed by atoms with Gasteiger partial charge in [-0.1, -0.05) is 18.2 Å². The molecule has 21 heavy (non-hydrogen) atoms. The zero-order chi connectivity index (χ0) is 15.0. The van der Waals surface area contributed by atoms with Gasteiger partial charge in [-0.25, -0.2) is 4.98 Å². The highest BCUT2D eigenvalue weighted by atomic mass is 79.9. The number of imidazole rings is 1. The van der Waals surface area contributed by atoms with Crippen molar-refractivity contribution in [3.63, 3.8) is 0 Å². The number of rotatable bonds is 3. The van der Waals surface area contributed by atoms with Gasteiger partial charge in [-0.15, -0.1) is 11.6 Å². The highest BCUT2D eigenvalue weighted by molar-refractivity contribution is 9.10. The fourth-order valence-electron chi connectivity index (χ4n) is 2.57. The average Bonchev–Trinajstić information content (AvgIpc) is 2.79. The summed E-state index contributed by atoms with van der Waals surface area (Å²) in [5.41, 5.74) is 5.67. The standard InChI is InChI=1S/C17H16BrClN2/c1-11-6-7-14-13(10-11)20-16(8-9-19)21(14)15-5-3-4-12(2)17(15)18/h3-7,10H,8-9H2,1-2H3. The number of halogens is 2. The Morgan fingerprint density at radius 3 is 2.76 bits per heavy atom. The first kappa shape index (κ1) is 14.6. The van der Waals surface area contributed by atoms with Crippen LogP contribution in [0.5, 0.6) is 0 Å². The van der Waals surface area contributed by atoms with Crippen molar-refractivity contribution in [3.05, 3.63) is 57.8 Å². The van der Waals surface area contributed by atoms with Crippen molar-refractivity contribution in [2.45, 2.75) is 20.3 Å². The summed E-state index contributed by atoms with van der Waals surface area (Å²) in [6.07, 6.45) is 0.746. The lowest BCUT2D eigenvalue weighted by Gasteiger charge is -2.12. The zero-order valence-electron chi connectivity index (χ0n) is 12.0. The number of fused-ring (bicyclic) bond motifs is 1. The molecule has 2 aromatic carbocycles. The molecule has 0 saturated carbocycles.